The van der Waals surface area contributed by atoms with E-state index in [4.69, 9.17) is 0 Å². The van der Waals surface area contributed by atoms with E-state index >= 15 is 0 Å². The predicted molar refractivity (Wildman–Crippen MR) is 110 cm³/mol. The van der Waals surface area contributed by atoms with Crippen LogP contribution in [-0.4, -0.2) is 31.4 Å². The van der Waals surface area contributed by atoms with Gasteiger partial charge in [-0.05, 0) is 6.08 Å². The van der Waals surface area contributed by atoms with E-state index in [2.05, 4.69) is 29.9 Å². The van der Waals surface area contributed by atoms with Gasteiger partial charge in [0, 0.05) is 0 Å². The minimum absolute atomic E-state index is 0.00747. The number of aliphatic imine (C=N–C) groups is 2. The maximum atomic E-state index is 9.41. The summed E-state index contributed by atoms with van der Waals surface area (Å²) in [6.07, 6.45) is 1.43. The molecule has 12 nitrogen and oxygen atoms in total. The Balaban J connectivity index is 0.00000149. The summed E-state index contributed by atoms with van der Waals surface area (Å²) in [6, 6.07) is 9.63. The van der Waals surface area contributed by atoms with Gasteiger partial charge < -0.3 is 0 Å². The molecule has 0 radical (unpaired) electrons. The lowest BCUT2D eigenvalue weighted by atomic mass is 10.1. The molecule has 0 saturated heterocycles. The lowest BCUT2D eigenvalue weighted by Gasteiger charge is -2.12. The van der Waals surface area contributed by atoms with E-state index < -0.39 is 6.04 Å². The van der Waals surface area contributed by atoms with Crippen molar-refractivity contribution >= 4 is 17.1 Å². The van der Waals surface area contributed by atoms with Gasteiger partial charge >= 0.3 is 0 Å². The van der Waals surface area contributed by atoms with Crippen LogP contribution in [0.4, 0.5) is 0 Å². The highest BCUT2D eigenvalue weighted by molar-refractivity contribution is 6.54. The number of nitrogens with zero attached hydrogens (tertiary/aromatic N) is 12. The van der Waals surface area contributed by atoms with E-state index in [1.165, 1.54) is 6.08 Å². The third-order valence-corrected chi connectivity index (χ3v) is 4.24. The number of hydrogen-bond donors (Lipinski definition) is 0. The highest BCUT2D eigenvalue weighted by Crippen LogP contribution is 2.39. The summed E-state index contributed by atoms with van der Waals surface area (Å²) >= 11 is 0. The zero-order valence-electron chi connectivity index (χ0n) is 17.0. The topological polar surface area (TPSA) is 219 Å². The summed E-state index contributed by atoms with van der Waals surface area (Å²) in [5.74, 6) is 0. The molecule has 0 amide bonds. The van der Waals surface area contributed by atoms with E-state index in [0.717, 1.165) is 0 Å². The van der Waals surface area contributed by atoms with Gasteiger partial charge in [0.2, 0.25) is 0 Å². The van der Waals surface area contributed by atoms with Crippen LogP contribution in [0.25, 0.3) is 17.1 Å². The molecule has 0 spiro atoms. The van der Waals surface area contributed by atoms with Gasteiger partial charge in [0.15, 0.2) is 34.2 Å². The quantitative estimate of drug-likeness (QED) is 0.591. The van der Waals surface area contributed by atoms with Crippen molar-refractivity contribution < 1.29 is 0 Å². The van der Waals surface area contributed by atoms with Crippen molar-refractivity contribution in [2.75, 3.05) is 0 Å². The first-order valence-corrected chi connectivity index (χ1v) is 9.22. The molecule has 2 aliphatic rings. The molecule has 0 aromatic carbocycles. The molecule has 2 aromatic heterocycles. The van der Waals surface area contributed by atoms with Gasteiger partial charge in [-0.3, -0.25) is 4.99 Å². The van der Waals surface area contributed by atoms with E-state index in [0.29, 0.717) is 0 Å². The molecule has 2 bridgehead atoms. The third-order valence-electron chi connectivity index (χ3n) is 4.24. The number of hydrogen-bond acceptors (Lipinski definition) is 12. The number of fused-ring (bicyclic) bond motifs is 6. The molecule has 1 unspecified atom stereocenters. The standard InChI is InChI=1S/C19H2N12.C2H6/c20-2-10-11(3-21)27-9-1-8(26-10)16-18(30-14(6-24)12(4-22)28-16)19-17(9)29-13(5-23)15(7-25)31-19;1-2/h1,8H;1-2H3. The molecule has 152 valence electrons. The Morgan fingerprint density at radius 3 is 1.61 bits per heavy atom. The van der Waals surface area contributed by atoms with Crippen molar-refractivity contribution in [2.45, 2.75) is 19.9 Å². The second kappa shape index (κ2) is 8.90. The third kappa shape index (κ3) is 3.49. The molecule has 2 aromatic rings. The SMILES string of the molecule is CC.N#CC1=NC2=CC(N=C1C#N)c1nc(C#N)c(C#N)nc1-c1nc(C#N)c(C#N)nc12. The number of nitriles is 6. The van der Waals surface area contributed by atoms with Crippen LogP contribution in [0.3, 0.4) is 0 Å². The van der Waals surface area contributed by atoms with Crippen molar-refractivity contribution in [3.63, 3.8) is 0 Å². The van der Waals surface area contributed by atoms with Gasteiger partial charge in [-0.25, -0.2) is 24.9 Å². The summed E-state index contributed by atoms with van der Waals surface area (Å²) in [5.41, 5.74) is -1.66. The normalized spacial score (nSPS) is 14.4. The second-order valence-corrected chi connectivity index (χ2v) is 5.88. The fourth-order valence-electron chi connectivity index (χ4n) is 2.95. The van der Waals surface area contributed by atoms with Gasteiger partial charge in [-0.15, -0.1) is 0 Å². The summed E-state index contributed by atoms with van der Waals surface area (Å²) in [7, 11) is 0. The number of aromatic nitrogens is 4. The van der Waals surface area contributed by atoms with Gasteiger partial charge in [-0.2, -0.15) is 31.6 Å². The van der Waals surface area contributed by atoms with Crippen LogP contribution < -0.4 is 0 Å². The first-order valence-electron chi connectivity index (χ1n) is 9.22. The zero-order valence-corrected chi connectivity index (χ0v) is 17.0. The van der Waals surface area contributed by atoms with Crippen molar-refractivity contribution in [1.82, 2.24) is 19.9 Å². The zero-order chi connectivity index (χ0) is 24.1. The molecule has 1 aliphatic carbocycles. The van der Waals surface area contributed by atoms with Gasteiger partial charge in [0.05, 0.1) is 11.4 Å². The van der Waals surface area contributed by atoms with Gasteiger partial charge in [0.25, 0.3) is 0 Å². The molecular weight excluding hydrogens is 420 g/mol. The highest BCUT2D eigenvalue weighted by atomic mass is 15.0. The first kappa shape index (κ1) is 21.9. The molecule has 12 heteroatoms. The number of rotatable bonds is 0. The van der Waals surface area contributed by atoms with Crippen LogP contribution in [0.15, 0.2) is 16.1 Å². The van der Waals surface area contributed by atoms with E-state index in [9.17, 15) is 31.6 Å². The van der Waals surface area contributed by atoms with Crippen molar-refractivity contribution in [3.8, 4) is 47.8 Å². The molecule has 1 atom stereocenters. The largest absolute Gasteiger partial charge is 0.257 e. The molecule has 1 aliphatic heterocycles. The van der Waals surface area contributed by atoms with Crippen LogP contribution >= 0.6 is 0 Å². The van der Waals surface area contributed by atoms with Crippen LogP contribution in [-0.2, 0) is 0 Å². The maximum absolute atomic E-state index is 9.41. The Hall–Kier alpha value is -5.82. The van der Waals surface area contributed by atoms with Crippen LogP contribution in [0.5, 0.6) is 0 Å². The Kier molecular flexibility index (Phi) is 5.90. The monoisotopic (exact) mass is 428 g/mol. The Morgan fingerprint density at radius 2 is 1.09 bits per heavy atom. The van der Waals surface area contributed by atoms with Crippen molar-refractivity contribution in [3.05, 3.63) is 40.2 Å². The lowest BCUT2D eigenvalue weighted by Crippen LogP contribution is -2.14. The minimum atomic E-state index is -1.02. The van der Waals surface area contributed by atoms with Crippen LogP contribution in [0.1, 0.15) is 54.1 Å². The maximum Gasteiger partial charge on any atom is 0.177 e. The average Bonchev–Trinajstić information content (AvgIpc) is 3.13. The molecule has 0 N–H and O–H groups in total. The Bertz CT molecular complexity index is 1550. The predicted octanol–water partition coefficient (Wildman–Crippen LogP) is 1.78. The van der Waals surface area contributed by atoms with Gasteiger partial charge in [-0.1, -0.05) is 13.8 Å². The Labute approximate surface area is 187 Å². The highest BCUT2D eigenvalue weighted by Gasteiger charge is 2.33. The average molecular weight is 428 g/mol. The molecule has 3 heterocycles. The molecule has 4 rings (SSSR count). The second-order valence-electron chi connectivity index (χ2n) is 5.88. The fourth-order valence-corrected chi connectivity index (χ4v) is 2.95. The Morgan fingerprint density at radius 1 is 0.606 bits per heavy atom. The first-order chi connectivity index (χ1) is 16.1. The minimum Gasteiger partial charge on any atom is -0.257 e. The molecule has 0 saturated carbocycles. The summed E-state index contributed by atoms with van der Waals surface area (Å²) in [5, 5.41) is 56.2. The summed E-state index contributed by atoms with van der Waals surface area (Å²) in [6.45, 7) is 4.00. The van der Waals surface area contributed by atoms with E-state index in [1.807, 2.05) is 13.8 Å². The summed E-state index contributed by atoms with van der Waals surface area (Å²) in [4.78, 5) is 25.1. The van der Waals surface area contributed by atoms with E-state index in [1.54, 1.807) is 36.4 Å². The molecule has 0 fully saturated rings. The van der Waals surface area contributed by atoms with Gasteiger partial charge in [0.1, 0.15) is 59.5 Å². The van der Waals surface area contributed by atoms with Crippen LogP contribution in [0.2, 0.25) is 0 Å². The van der Waals surface area contributed by atoms with Crippen LogP contribution in [0, 0.1) is 68.0 Å². The molecule has 33 heavy (non-hydrogen) atoms. The smallest absolute Gasteiger partial charge is 0.177 e. The summed E-state index contributed by atoms with van der Waals surface area (Å²) < 4.78 is 0. The molecular formula is C21H8N12. The van der Waals surface area contributed by atoms with Crippen molar-refractivity contribution in [1.29, 1.82) is 31.6 Å². The fraction of sp³-hybridized carbons (Fsp3) is 0.143. The lowest BCUT2D eigenvalue weighted by molar-refractivity contribution is 0.853. The van der Waals surface area contributed by atoms with E-state index in [-0.39, 0.29) is 62.7 Å². The van der Waals surface area contributed by atoms with Crippen molar-refractivity contribution in [2.24, 2.45) is 9.98 Å².